The fourth-order valence-corrected chi connectivity index (χ4v) is 2.53. The van der Waals surface area contributed by atoms with Crippen molar-refractivity contribution in [3.63, 3.8) is 0 Å². The fraction of sp³-hybridized carbons (Fsp3) is 0.438. The number of amides is 2. The van der Waals surface area contributed by atoms with Gasteiger partial charge in [-0.15, -0.1) is 0 Å². The first-order valence-corrected chi connectivity index (χ1v) is 7.43. The summed E-state index contributed by atoms with van der Waals surface area (Å²) >= 11 is 0. The molecule has 1 fully saturated rings. The van der Waals surface area contributed by atoms with Crippen LogP contribution in [0.1, 0.15) is 36.0 Å². The Bertz CT molecular complexity index is 591. The maximum Gasteiger partial charge on any atom is 0.337 e. The van der Waals surface area contributed by atoms with Gasteiger partial charge in [0.2, 0.25) is 0 Å². The summed E-state index contributed by atoms with van der Waals surface area (Å²) in [5, 5.41) is 15.0. The summed E-state index contributed by atoms with van der Waals surface area (Å²) in [6.45, 7) is 0.0700. The van der Waals surface area contributed by atoms with E-state index in [1.807, 2.05) is 0 Å². The molecule has 0 aliphatic heterocycles. The summed E-state index contributed by atoms with van der Waals surface area (Å²) < 4.78 is 4.57. The molecule has 23 heavy (non-hydrogen) atoms. The number of carbonyl (C=O) groups excluding carboxylic acids is 3. The first-order valence-electron chi connectivity index (χ1n) is 7.43. The molecule has 124 valence electrons. The minimum atomic E-state index is -0.905. The highest BCUT2D eigenvalue weighted by Gasteiger charge is 2.32. The molecular formula is C16H20N2O5. The lowest BCUT2D eigenvalue weighted by Gasteiger charge is -2.22. The number of benzene rings is 1. The van der Waals surface area contributed by atoms with Crippen molar-refractivity contribution >= 4 is 23.5 Å². The summed E-state index contributed by atoms with van der Waals surface area (Å²) in [5.74, 6) is -2.11. The minimum Gasteiger partial charge on any atom is -0.465 e. The van der Waals surface area contributed by atoms with Gasteiger partial charge >= 0.3 is 17.8 Å². The van der Waals surface area contributed by atoms with E-state index in [2.05, 4.69) is 15.4 Å². The summed E-state index contributed by atoms with van der Waals surface area (Å²) in [6.07, 6.45) is 3.10. The van der Waals surface area contributed by atoms with Gasteiger partial charge in [0, 0.05) is 12.2 Å². The fourth-order valence-electron chi connectivity index (χ4n) is 2.53. The van der Waals surface area contributed by atoms with Crippen molar-refractivity contribution in [2.45, 2.75) is 31.3 Å². The number of anilines is 1. The van der Waals surface area contributed by atoms with Gasteiger partial charge in [-0.3, -0.25) is 9.59 Å². The molecule has 0 saturated heterocycles. The van der Waals surface area contributed by atoms with E-state index < -0.39 is 23.4 Å². The lowest BCUT2D eigenvalue weighted by atomic mass is 10.0. The van der Waals surface area contributed by atoms with Gasteiger partial charge in [-0.25, -0.2) is 4.79 Å². The van der Waals surface area contributed by atoms with Gasteiger partial charge in [-0.1, -0.05) is 12.8 Å². The second kappa shape index (κ2) is 7.23. The molecular weight excluding hydrogens is 300 g/mol. The molecule has 1 aliphatic carbocycles. The second-order valence-corrected chi connectivity index (χ2v) is 5.64. The normalized spacial score (nSPS) is 15.7. The summed E-state index contributed by atoms with van der Waals surface area (Å²) in [5.41, 5.74) is -0.172. The van der Waals surface area contributed by atoms with Crippen molar-refractivity contribution in [2.24, 2.45) is 0 Å². The number of esters is 1. The van der Waals surface area contributed by atoms with Gasteiger partial charge in [-0.2, -0.15) is 0 Å². The molecule has 1 aliphatic rings. The van der Waals surface area contributed by atoms with E-state index in [0.29, 0.717) is 24.1 Å². The summed E-state index contributed by atoms with van der Waals surface area (Å²) in [6, 6.07) is 5.98. The minimum absolute atomic E-state index is 0.0700. The quantitative estimate of drug-likeness (QED) is 0.563. The number of aliphatic hydroxyl groups is 1. The van der Waals surface area contributed by atoms with Crippen LogP contribution in [0.25, 0.3) is 0 Å². The molecule has 0 radical (unpaired) electrons. The van der Waals surface area contributed by atoms with Gasteiger partial charge in [0.05, 0.1) is 18.3 Å². The van der Waals surface area contributed by atoms with Gasteiger partial charge < -0.3 is 20.5 Å². The van der Waals surface area contributed by atoms with E-state index in [1.54, 1.807) is 0 Å². The molecule has 2 amide bonds. The summed E-state index contributed by atoms with van der Waals surface area (Å²) in [4.78, 5) is 34.9. The van der Waals surface area contributed by atoms with Crippen LogP contribution in [0, 0.1) is 0 Å². The first-order chi connectivity index (χ1) is 10.9. The summed E-state index contributed by atoms with van der Waals surface area (Å²) in [7, 11) is 1.28. The molecule has 0 spiro atoms. The largest absolute Gasteiger partial charge is 0.465 e. The number of rotatable bonds is 4. The van der Waals surface area contributed by atoms with Crippen LogP contribution in [0.5, 0.6) is 0 Å². The van der Waals surface area contributed by atoms with E-state index >= 15 is 0 Å². The van der Waals surface area contributed by atoms with Crippen LogP contribution in [0.4, 0.5) is 5.69 Å². The highest BCUT2D eigenvalue weighted by atomic mass is 16.5. The van der Waals surface area contributed by atoms with E-state index in [-0.39, 0.29) is 6.54 Å². The third-order valence-corrected chi connectivity index (χ3v) is 3.88. The number of methoxy groups -OCH3 is 1. The Morgan fingerprint density at radius 2 is 1.74 bits per heavy atom. The Morgan fingerprint density at radius 3 is 2.30 bits per heavy atom. The Hall–Kier alpha value is -2.41. The van der Waals surface area contributed by atoms with Crippen molar-refractivity contribution < 1.29 is 24.2 Å². The zero-order chi connectivity index (χ0) is 16.9. The van der Waals surface area contributed by atoms with E-state index in [4.69, 9.17) is 0 Å². The van der Waals surface area contributed by atoms with Crippen LogP contribution in [0.3, 0.4) is 0 Å². The molecule has 2 rings (SSSR count). The predicted octanol–water partition coefficient (Wildman–Crippen LogP) is 0.833. The number of nitrogens with one attached hydrogen (secondary N) is 2. The van der Waals surface area contributed by atoms with E-state index in [0.717, 1.165) is 12.8 Å². The molecule has 0 aromatic heterocycles. The van der Waals surface area contributed by atoms with Crippen LogP contribution in [-0.4, -0.2) is 42.1 Å². The smallest absolute Gasteiger partial charge is 0.337 e. The SMILES string of the molecule is COC(=O)c1ccc(NC(=O)C(=O)NCC2(O)CCCC2)cc1. The van der Waals surface area contributed by atoms with E-state index in [1.165, 1.54) is 31.4 Å². The molecule has 0 atom stereocenters. The van der Waals surface area contributed by atoms with Crippen molar-refractivity contribution in [2.75, 3.05) is 19.0 Å². The Labute approximate surface area is 134 Å². The van der Waals surface area contributed by atoms with Crippen molar-refractivity contribution in [1.82, 2.24) is 5.32 Å². The lowest BCUT2D eigenvalue weighted by Crippen LogP contribution is -2.44. The molecule has 7 heteroatoms. The predicted molar refractivity (Wildman–Crippen MR) is 82.8 cm³/mol. The molecule has 7 nitrogen and oxygen atoms in total. The van der Waals surface area contributed by atoms with Crippen LogP contribution in [-0.2, 0) is 14.3 Å². The van der Waals surface area contributed by atoms with Gasteiger partial charge in [0.25, 0.3) is 0 Å². The third kappa shape index (κ3) is 4.53. The average Bonchev–Trinajstić information content (AvgIpc) is 2.99. The molecule has 1 saturated carbocycles. The Balaban J connectivity index is 1.85. The first kappa shape index (κ1) is 17.0. The molecule has 0 unspecified atom stereocenters. The zero-order valence-corrected chi connectivity index (χ0v) is 12.9. The van der Waals surface area contributed by atoms with Crippen LogP contribution in [0.15, 0.2) is 24.3 Å². The van der Waals surface area contributed by atoms with Crippen molar-refractivity contribution in [3.05, 3.63) is 29.8 Å². The lowest BCUT2D eigenvalue weighted by molar-refractivity contribution is -0.136. The maximum atomic E-state index is 11.8. The van der Waals surface area contributed by atoms with Crippen LogP contribution in [0.2, 0.25) is 0 Å². The van der Waals surface area contributed by atoms with Crippen molar-refractivity contribution in [3.8, 4) is 0 Å². The standard InChI is InChI=1S/C16H20N2O5/c1-23-15(21)11-4-6-12(7-5-11)18-14(20)13(19)17-10-16(22)8-2-3-9-16/h4-7,22H,2-3,8-10H2,1H3,(H,17,19)(H,18,20). The highest BCUT2D eigenvalue weighted by molar-refractivity contribution is 6.39. The zero-order valence-electron chi connectivity index (χ0n) is 12.9. The van der Waals surface area contributed by atoms with Gasteiger partial charge in [0.1, 0.15) is 0 Å². The maximum absolute atomic E-state index is 11.8. The highest BCUT2D eigenvalue weighted by Crippen LogP contribution is 2.28. The molecule has 0 heterocycles. The number of ether oxygens (including phenoxy) is 1. The third-order valence-electron chi connectivity index (χ3n) is 3.88. The van der Waals surface area contributed by atoms with Crippen LogP contribution < -0.4 is 10.6 Å². The molecule has 0 bridgehead atoms. The van der Waals surface area contributed by atoms with Gasteiger partial charge in [-0.05, 0) is 37.1 Å². The molecule has 1 aromatic rings. The second-order valence-electron chi connectivity index (χ2n) is 5.64. The van der Waals surface area contributed by atoms with Crippen LogP contribution >= 0.6 is 0 Å². The monoisotopic (exact) mass is 320 g/mol. The van der Waals surface area contributed by atoms with Crippen molar-refractivity contribution in [1.29, 1.82) is 0 Å². The number of hydrogen-bond donors (Lipinski definition) is 3. The Kier molecular flexibility index (Phi) is 5.33. The number of carbonyl (C=O) groups is 3. The molecule has 3 N–H and O–H groups in total. The van der Waals surface area contributed by atoms with Gasteiger partial charge in [0.15, 0.2) is 0 Å². The van der Waals surface area contributed by atoms with E-state index in [9.17, 15) is 19.5 Å². The number of hydrogen-bond acceptors (Lipinski definition) is 5. The average molecular weight is 320 g/mol. The Morgan fingerprint density at radius 1 is 1.13 bits per heavy atom. The topological polar surface area (TPSA) is 105 Å². The molecule has 1 aromatic carbocycles.